The minimum absolute atomic E-state index is 1.01. The molecule has 2 nitrogen and oxygen atoms in total. The van der Waals surface area contributed by atoms with E-state index in [-0.39, 0.29) is 0 Å². The first-order valence-electron chi connectivity index (χ1n) is 3.66. The molecule has 0 fully saturated rings. The van der Waals surface area contributed by atoms with Crippen molar-refractivity contribution in [2.75, 3.05) is 0 Å². The molecule has 0 aliphatic carbocycles. The van der Waals surface area contributed by atoms with E-state index in [4.69, 9.17) is 0 Å². The van der Waals surface area contributed by atoms with Crippen LogP contribution in [0.5, 0.6) is 0 Å². The van der Waals surface area contributed by atoms with E-state index in [1.807, 2.05) is 6.20 Å². The van der Waals surface area contributed by atoms with Crippen LogP contribution in [-0.4, -0.2) is 9.97 Å². The lowest BCUT2D eigenvalue weighted by Crippen LogP contribution is -1.95. The average Bonchev–Trinajstić information content (AvgIpc) is 2.04. The van der Waals surface area contributed by atoms with Crippen molar-refractivity contribution in [3.05, 3.63) is 23.8 Å². The van der Waals surface area contributed by atoms with Crippen LogP contribution in [-0.2, 0) is 12.8 Å². The monoisotopic (exact) mass is 136 g/mol. The molecule has 0 aliphatic rings. The number of aromatic nitrogens is 2. The molecule has 0 atom stereocenters. The van der Waals surface area contributed by atoms with E-state index in [2.05, 4.69) is 23.8 Å². The molecule has 0 N–H and O–H groups in total. The molecule has 0 radical (unpaired) electrons. The quantitative estimate of drug-likeness (QED) is 0.617. The van der Waals surface area contributed by atoms with Gasteiger partial charge in [0, 0.05) is 11.9 Å². The Morgan fingerprint density at radius 1 is 1.30 bits per heavy atom. The van der Waals surface area contributed by atoms with Gasteiger partial charge in [0.25, 0.3) is 0 Å². The molecule has 54 valence electrons. The van der Waals surface area contributed by atoms with Gasteiger partial charge in [-0.05, 0) is 18.4 Å². The Hall–Kier alpha value is -0.920. The highest BCUT2D eigenvalue weighted by atomic mass is 14.8. The maximum Gasteiger partial charge on any atom is 0.115 e. The summed E-state index contributed by atoms with van der Waals surface area (Å²) in [5.41, 5.74) is 2.45. The summed E-state index contributed by atoms with van der Waals surface area (Å²) in [6.45, 7) is 4.24. The van der Waals surface area contributed by atoms with Gasteiger partial charge in [-0.3, -0.25) is 0 Å². The number of hydrogen-bond donors (Lipinski definition) is 0. The molecule has 0 saturated carbocycles. The zero-order valence-electron chi connectivity index (χ0n) is 6.46. The Morgan fingerprint density at radius 3 is 2.60 bits per heavy atom. The van der Waals surface area contributed by atoms with Gasteiger partial charge in [0.05, 0.1) is 0 Å². The molecule has 1 rings (SSSR count). The Labute approximate surface area is 61.3 Å². The number of rotatable bonds is 2. The average molecular weight is 136 g/mol. The van der Waals surface area contributed by atoms with Crippen molar-refractivity contribution in [1.29, 1.82) is 0 Å². The van der Waals surface area contributed by atoms with Crippen molar-refractivity contribution in [1.82, 2.24) is 9.97 Å². The highest BCUT2D eigenvalue weighted by molar-refractivity contribution is 5.15. The van der Waals surface area contributed by atoms with Crippen LogP contribution in [0.15, 0.2) is 12.5 Å². The van der Waals surface area contributed by atoms with Gasteiger partial charge in [0.15, 0.2) is 0 Å². The Bertz CT molecular complexity index is 185. The minimum atomic E-state index is 1.01. The Kier molecular flexibility index (Phi) is 2.37. The first-order chi connectivity index (χ1) is 4.88. The van der Waals surface area contributed by atoms with E-state index >= 15 is 0 Å². The third-order valence-electron chi connectivity index (χ3n) is 1.60. The van der Waals surface area contributed by atoms with Crippen LogP contribution in [0.1, 0.15) is 25.1 Å². The van der Waals surface area contributed by atoms with Crippen molar-refractivity contribution in [2.24, 2.45) is 0 Å². The maximum atomic E-state index is 4.16. The van der Waals surface area contributed by atoms with Gasteiger partial charge in [0.2, 0.25) is 0 Å². The van der Waals surface area contributed by atoms with E-state index < -0.39 is 0 Å². The smallest absolute Gasteiger partial charge is 0.115 e. The zero-order chi connectivity index (χ0) is 7.40. The second-order valence-corrected chi connectivity index (χ2v) is 2.20. The SMILES string of the molecule is CCc1cncnc1CC. The molecule has 0 unspecified atom stereocenters. The van der Waals surface area contributed by atoms with Gasteiger partial charge in [-0.2, -0.15) is 0 Å². The van der Waals surface area contributed by atoms with E-state index in [1.54, 1.807) is 6.33 Å². The molecule has 1 heterocycles. The van der Waals surface area contributed by atoms with Crippen LogP contribution >= 0.6 is 0 Å². The topological polar surface area (TPSA) is 25.8 Å². The second kappa shape index (κ2) is 3.30. The molecule has 0 spiro atoms. The van der Waals surface area contributed by atoms with Gasteiger partial charge in [0.1, 0.15) is 6.33 Å². The molecular formula is C8H12N2. The Balaban J connectivity index is 2.96. The van der Waals surface area contributed by atoms with Crippen molar-refractivity contribution >= 4 is 0 Å². The van der Waals surface area contributed by atoms with E-state index in [1.165, 1.54) is 11.3 Å². The van der Waals surface area contributed by atoms with E-state index in [9.17, 15) is 0 Å². The van der Waals surface area contributed by atoms with E-state index in [0.717, 1.165) is 12.8 Å². The first-order valence-corrected chi connectivity index (χ1v) is 3.66. The maximum absolute atomic E-state index is 4.16. The first kappa shape index (κ1) is 7.19. The summed E-state index contributed by atoms with van der Waals surface area (Å²) < 4.78 is 0. The summed E-state index contributed by atoms with van der Waals surface area (Å²) in [7, 11) is 0. The third-order valence-corrected chi connectivity index (χ3v) is 1.60. The van der Waals surface area contributed by atoms with Gasteiger partial charge in [-0.25, -0.2) is 9.97 Å². The predicted octanol–water partition coefficient (Wildman–Crippen LogP) is 1.60. The fourth-order valence-corrected chi connectivity index (χ4v) is 0.997. The number of aryl methyl sites for hydroxylation is 2. The van der Waals surface area contributed by atoms with Crippen molar-refractivity contribution in [3.63, 3.8) is 0 Å². The van der Waals surface area contributed by atoms with Crippen LogP contribution in [0.4, 0.5) is 0 Å². The van der Waals surface area contributed by atoms with Crippen LogP contribution in [0, 0.1) is 0 Å². The summed E-state index contributed by atoms with van der Waals surface area (Å²) in [4.78, 5) is 8.11. The summed E-state index contributed by atoms with van der Waals surface area (Å²) >= 11 is 0. The van der Waals surface area contributed by atoms with Gasteiger partial charge in [-0.1, -0.05) is 13.8 Å². The van der Waals surface area contributed by atoms with Crippen LogP contribution < -0.4 is 0 Å². The molecule has 0 aromatic carbocycles. The summed E-state index contributed by atoms with van der Waals surface area (Å²) in [6.07, 6.45) is 5.54. The largest absolute Gasteiger partial charge is 0.245 e. The van der Waals surface area contributed by atoms with Crippen molar-refractivity contribution in [3.8, 4) is 0 Å². The summed E-state index contributed by atoms with van der Waals surface area (Å²) in [5, 5.41) is 0. The summed E-state index contributed by atoms with van der Waals surface area (Å²) in [5.74, 6) is 0. The summed E-state index contributed by atoms with van der Waals surface area (Å²) in [6, 6.07) is 0. The minimum Gasteiger partial charge on any atom is -0.245 e. The third kappa shape index (κ3) is 1.32. The predicted molar refractivity (Wildman–Crippen MR) is 40.8 cm³/mol. The number of hydrogen-bond acceptors (Lipinski definition) is 2. The molecule has 1 aromatic heterocycles. The number of nitrogens with zero attached hydrogens (tertiary/aromatic N) is 2. The Morgan fingerprint density at radius 2 is 2.10 bits per heavy atom. The van der Waals surface area contributed by atoms with Crippen molar-refractivity contribution < 1.29 is 0 Å². The molecule has 0 saturated heterocycles. The standard InChI is InChI=1S/C8H12N2/c1-3-7-5-9-6-10-8(7)4-2/h5-6H,3-4H2,1-2H3. The normalized spacial score (nSPS) is 9.80. The fourth-order valence-electron chi connectivity index (χ4n) is 0.997. The molecule has 1 aromatic rings. The zero-order valence-corrected chi connectivity index (χ0v) is 6.46. The second-order valence-electron chi connectivity index (χ2n) is 2.20. The lowest BCUT2D eigenvalue weighted by atomic mass is 10.1. The molecule has 0 bridgehead atoms. The molecule has 0 amide bonds. The van der Waals surface area contributed by atoms with E-state index in [0.29, 0.717) is 0 Å². The highest BCUT2D eigenvalue weighted by Gasteiger charge is 1.96. The van der Waals surface area contributed by atoms with Gasteiger partial charge in [-0.15, -0.1) is 0 Å². The van der Waals surface area contributed by atoms with Crippen molar-refractivity contribution in [2.45, 2.75) is 26.7 Å². The lowest BCUT2D eigenvalue weighted by Gasteiger charge is -2.00. The van der Waals surface area contributed by atoms with Gasteiger partial charge >= 0.3 is 0 Å². The fraction of sp³-hybridized carbons (Fsp3) is 0.500. The lowest BCUT2D eigenvalue weighted by molar-refractivity contribution is 0.930. The molecule has 0 aliphatic heterocycles. The highest BCUT2D eigenvalue weighted by Crippen LogP contribution is 2.03. The molecule has 10 heavy (non-hydrogen) atoms. The van der Waals surface area contributed by atoms with Crippen LogP contribution in [0.3, 0.4) is 0 Å². The van der Waals surface area contributed by atoms with Crippen LogP contribution in [0.25, 0.3) is 0 Å². The van der Waals surface area contributed by atoms with Gasteiger partial charge < -0.3 is 0 Å². The van der Waals surface area contributed by atoms with Crippen LogP contribution in [0.2, 0.25) is 0 Å². The molecular weight excluding hydrogens is 124 g/mol. The molecule has 2 heteroatoms.